The van der Waals surface area contributed by atoms with E-state index in [4.69, 9.17) is 4.74 Å². The number of β-amino-alcohol motifs (C(OH)–C–C–N with tert-alkyl or cyclic N) is 1. The second-order valence-electron chi connectivity index (χ2n) is 7.01. The summed E-state index contributed by atoms with van der Waals surface area (Å²) < 4.78 is 5.33. The van der Waals surface area contributed by atoms with E-state index in [1.807, 2.05) is 45.9 Å². The van der Waals surface area contributed by atoms with Crippen LogP contribution in [0.4, 0.5) is 5.69 Å². The summed E-state index contributed by atoms with van der Waals surface area (Å²) in [5.41, 5.74) is 3.22. The Morgan fingerprint density at radius 2 is 2.04 bits per heavy atom. The molecule has 0 spiro atoms. The van der Waals surface area contributed by atoms with Gasteiger partial charge in [-0.05, 0) is 58.2 Å². The van der Waals surface area contributed by atoms with Crippen molar-refractivity contribution < 1.29 is 14.6 Å². The average molecular weight is 334 g/mol. The van der Waals surface area contributed by atoms with Crippen molar-refractivity contribution in [3.05, 3.63) is 29.3 Å². The van der Waals surface area contributed by atoms with E-state index in [0.717, 1.165) is 36.2 Å². The van der Waals surface area contributed by atoms with E-state index >= 15 is 0 Å². The number of rotatable bonds is 6. The molecule has 2 rings (SSSR count). The molecular weight excluding hydrogens is 304 g/mol. The first-order valence-corrected chi connectivity index (χ1v) is 8.80. The summed E-state index contributed by atoms with van der Waals surface area (Å²) in [6.07, 6.45) is 1.07. The third-order valence-electron chi connectivity index (χ3n) is 4.41. The molecule has 1 aromatic rings. The summed E-state index contributed by atoms with van der Waals surface area (Å²) in [5.74, 6) is -0.208. The standard InChI is InChI=1S/C19H30N2O3/c1-13(2)24-19(23)16-9-6-10-21(11-16)12-17(22)20-18-14(3)7-5-8-15(18)4/h5,7-8,13,16-17,20,22H,6,9-12H2,1-4H3. The summed E-state index contributed by atoms with van der Waals surface area (Å²) in [5, 5.41) is 13.6. The molecule has 1 heterocycles. The maximum Gasteiger partial charge on any atom is 0.310 e. The van der Waals surface area contributed by atoms with Gasteiger partial charge < -0.3 is 15.2 Å². The fourth-order valence-corrected chi connectivity index (χ4v) is 3.24. The molecule has 24 heavy (non-hydrogen) atoms. The van der Waals surface area contributed by atoms with E-state index in [2.05, 4.69) is 10.2 Å². The topological polar surface area (TPSA) is 61.8 Å². The third kappa shape index (κ3) is 5.21. The van der Waals surface area contributed by atoms with Gasteiger partial charge >= 0.3 is 5.97 Å². The van der Waals surface area contributed by atoms with Gasteiger partial charge in [0, 0.05) is 18.8 Å². The number of anilines is 1. The van der Waals surface area contributed by atoms with Gasteiger partial charge in [-0.25, -0.2) is 0 Å². The number of benzene rings is 1. The first-order valence-electron chi connectivity index (χ1n) is 8.80. The highest BCUT2D eigenvalue weighted by Crippen LogP contribution is 2.22. The van der Waals surface area contributed by atoms with Crippen LogP contribution in [0.25, 0.3) is 0 Å². The van der Waals surface area contributed by atoms with Crippen LogP contribution in [0.1, 0.15) is 37.8 Å². The second-order valence-corrected chi connectivity index (χ2v) is 7.01. The molecule has 0 aliphatic carbocycles. The maximum absolute atomic E-state index is 12.1. The molecule has 0 amide bonds. The zero-order chi connectivity index (χ0) is 17.7. The number of hydrogen-bond acceptors (Lipinski definition) is 5. The van der Waals surface area contributed by atoms with Crippen molar-refractivity contribution >= 4 is 11.7 Å². The smallest absolute Gasteiger partial charge is 0.310 e. The van der Waals surface area contributed by atoms with Crippen molar-refractivity contribution in [2.24, 2.45) is 5.92 Å². The molecule has 0 saturated carbocycles. The minimum absolute atomic E-state index is 0.0795. The predicted molar refractivity (Wildman–Crippen MR) is 95.9 cm³/mol. The normalized spacial score (nSPS) is 20.0. The summed E-state index contributed by atoms with van der Waals surface area (Å²) in [6.45, 7) is 9.85. The molecule has 2 N–H and O–H groups in total. The summed E-state index contributed by atoms with van der Waals surface area (Å²) >= 11 is 0. The second kappa shape index (κ2) is 8.49. The number of nitrogens with one attached hydrogen (secondary N) is 1. The zero-order valence-corrected chi connectivity index (χ0v) is 15.2. The number of ether oxygens (including phenoxy) is 1. The number of carbonyl (C=O) groups excluding carboxylic acids is 1. The lowest BCUT2D eigenvalue weighted by atomic mass is 9.98. The van der Waals surface area contributed by atoms with Gasteiger partial charge in [0.1, 0.15) is 6.23 Å². The number of esters is 1. The Balaban J connectivity index is 1.89. The van der Waals surface area contributed by atoms with Crippen molar-refractivity contribution in [1.82, 2.24) is 4.90 Å². The van der Waals surface area contributed by atoms with Gasteiger partial charge in [0.2, 0.25) is 0 Å². The Morgan fingerprint density at radius 3 is 2.67 bits per heavy atom. The zero-order valence-electron chi connectivity index (χ0n) is 15.2. The molecule has 1 saturated heterocycles. The van der Waals surface area contributed by atoms with Crippen LogP contribution in [0.5, 0.6) is 0 Å². The average Bonchev–Trinajstić information content (AvgIpc) is 2.50. The number of para-hydroxylation sites is 1. The number of aryl methyl sites for hydroxylation is 2. The molecule has 1 aromatic carbocycles. The SMILES string of the molecule is Cc1cccc(C)c1NC(O)CN1CCCC(C(=O)OC(C)C)C1. The van der Waals surface area contributed by atoms with Gasteiger partial charge in [-0.15, -0.1) is 0 Å². The molecule has 134 valence electrons. The maximum atomic E-state index is 12.1. The highest BCUT2D eigenvalue weighted by Gasteiger charge is 2.28. The van der Waals surface area contributed by atoms with Crippen LogP contribution < -0.4 is 5.32 Å². The molecule has 1 fully saturated rings. The molecule has 1 aliphatic heterocycles. The monoisotopic (exact) mass is 334 g/mol. The number of hydrogen-bond donors (Lipinski definition) is 2. The van der Waals surface area contributed by atoms with Crippen LogP contribution in [0.2, 0.25) is 0 Å². The van der Waals surface area contributed by atoms with Gasteiger partial charge in [0.25, 0.3) is 0 Å². The molecule has 5 heteroatoms. The van der Waals surface area contributed by atoms with Crippen LogP contribution >= 0.6 is 0 Å². The summed E-state index contributed by atoms with van der Waals surface area (Å²) in [7, 11) is 0. The summed E-state index contributed by atoms with van der Waals surface area (Å²) in [6, 6.07) is 6.07. The first kappa shape index (κ1) is 18.7. The van der Waals surface area contributed by atoms with Crippen molar-refractivity contribution in [1.29, 1.82) is 0 Å². The molecule has 2 atom stereocenters. The Bertz CT molecular complexity index is 539. The van der Waals surface area contributed by atoms with E-state index in [1.54, 1.807) is 0 Å². The number of aliphatic hydroxyl groups excluding tert-OH is 1. The highest BCUT2D eigenvalue weighted by molar-refractivity contribution is 5.73. The molecular formula is C19H30N2O3. The Hall–Kier alpha value is -1.59. The minimum Gasteiger partial charge on any atom is -0.463 e. The number of aliphatic hydroxyl groups is 1. The lowest BCUT2D eigenvalue weighted by molar-refractivity contribution is -0.154. The lowest BCUT2D eigenvalue weighted by Gasteiger charge is -2.33. The molecule has 2 unspecified atom stereocenters. The van der Waals surface area contributed by atoms with Crippen molar-refractivity contribution in [2.75, 3.05) is 25.0 Å². The van der Waals surface area contributed by atoms with Gasteiger partial charge in [-0.3, -0.25) is 9.69 Å². The van der Waals surface area contributed by atoms with Gasteiger partial charge in [-0.1, -0.05) is 18.2 Å². The van der Waals surface area contributed by atoms with E-state index in [9.17, 15) is 9.90 Å². The van der Waals surface area contributed by atoms with Crippen LogP contribution in [-0.4, -0.2) is 47.9 Å². The Labute approximate surface area is 145 Å². The van der Waals surface area contributed by atoms with Crippen molar-refractivity contribution in [3.8, 4) is 0 Å². The van der Waals surface area contributed by atoms with Gasteiger partial charge in [0.05, 0.1) is 12.0 Å². The Morgan fingerprint density at radius 1 is 1.38 bits per heavy atom. The van der Waals surface area contributed by atoms with E-state index in [1.165, 1.54) is 0 Å². The number of likely N-dealkylation sites (tertiary alicyclic amines) is 1. The van der Waals surface area contributed by atoms with E-state index in [-0.39, 0.29) is 18.0 Å². The van der Waals surface area contributed by atoms with Crippen LogP contribution in [0, 0.1) is 19.8 Å². The predicted octanol–water partition coefficient (Wildman–Crippen LogP) is 2.70. The molecule has 1 aliphatic rings. The fraction of sp³-hybridized carbons (Fsp3) is 0.632. The molecule has 0 aromatic heterocycles. The fourth-order valence-electron chi connectivity index (χ4n) is 3.24. The van der Waals surface area contributed by atoms with Crippen molar-refractivity contribution in [3.63, 3.8) is 0 Å². The van der Waals surface area contributed by atoms with Crippen LogP contribution in [0.15, 0.2) is 18.2 Å². The lowest BCUT2D eigenvalue weighted by Crippen LogP contribution is -2.44. The highest BCUT2D eigenvalue weighted by atomic mass is 16.5. The largest absolute Gasteiger partial charge is 0.463 e. The number of nitrogens with zero attached hydrogens (tertiary/aromatic N) is 1. The quantitative estimate of drug-likeness (QED) is 0.619. The first-order chi connectivity index (χ1) is 11.4. The molecule has 5 nitrogen and oxygen atoms in total. The molecule has 0 radical (unpaired) electrons. The molecule has 0 bridgehead atoms. The minimum atomic E-state index is -0.662. The van der Waals surface area contributed by atoms with Gasteiger partial charge in [0.15, 0.2) is 0 Å². The third-order valence-corrected chi connectivity index (χ3v) is 4.41. The number of piperidine rings is 1. The van der Waals surface area contributed by atoms with E-state index in [0.29, 0.717) is 13.1 Å². The van der Waals surface area contributed by atoms with Crippen molar-refractivity contribution in [2.45, 2.75) is 52.9 Å². The Kier molecular flexibility index (Phi) is 6.63. The van der Waals surface area contributed by atoms with Crippen LogP contribution in [0.3, 0.4) is 0 Å². The number of carbonyl (C=O) groups is 1. The summed E-state index contributed by atoms with van der Waals surface area (Å²) in [4.78, 5) is 14.2. The van der Waals surface area contributed by atoms with E-state index < -0.39 is 6.23 Å². The van der Waals surface area contributed by atoms with Gasteiger partial charge in [-0.2, -0.15) is 0 Å². The van der Waals surface area contributed by atoms with Crippen LogP contribution in [-0.2, 0) is 9.53 Å².